The Bertz CT molecular complexity index is 1770. The minimum Gasteiger partial charge on any atom is -0.462 e. The molecule has 1 aliphatic rings. The van der Waals surface area contributed by atoms with E-state index in [1.54, 1.807) is 25.3 Å². The lowest BCUT2D eigenvalue weighted by molar-refractivity contribution is -0.127. The quantitative estimate of drug-likeness (QED) is 0.167. The first-order valence-corrected chi connectivity index (χ1v) is 14.3. The largest absolute Gasteiger partial charge is 0.462 e. The Morgan fingerprint density at radius 1 is 1.05 bits per heavy atom. The summed E-state index contributed by atoms with van der Waals surface area (Å²) in [6, 6.07) is 16.2. The standard InChI is InChI=1S/C30H22Cl2FN3O5S/c1-2-41-29(39)20-13-18(10-11-23(20)32)34-27(37)16-36-28(38)26(42-30(36)40)12-17-14-35(25-9-4-3-6-19(17)25)15-21-22(31)7-5-8-24(21)33/h3-14H,2,15-16H2,1H3,(H,34,37)/b26-12+. The number of hydrogen-bond acceptors (Lipinski definition) is 6. The summed E-state index contributed by atoms with van der Waals surface area (Å²) in [5.41, 5.74) is 2.07. The highest BCUT2D eigenvalue weighted by Gasteiger charge is 2.36. The number of amides is 3. The number of nitrogens with zero attached hydrogens (tertiary/aromatic N) is 2. The molecule has 1 saturated heterocycles. The van der Waals surface area contributed by atoms with Gasteiger partial charge in [0.25, 0.3) is 11.1 Å². The minimum absolute atomic E-state index is 0.0712. The maximum absolute atomic E-state index is 14.5. The topological polar surface area (TPSA) is 97.7 Å². The van der Waals surface area contributed by atoms with Gasteiger partial charge in [-0.05, 0) is 61.2 Å². The first kappa shape index (κ1) is 29.4. The zero-order valence-electron chi connectivity index (χ0n) is 22.0. The van der Waals surface area contributed by atoms with Crippen LogP contribution in [0.3, 0.4) is 0 Å². The number of thioether (sulfide) groups is 1. The number of carbonyl (C=O) groups is 4. The van der Waals surface area contributed by atoms with E-state index >= 15 is 0 Å². The molecule has 8 nitrogen and oxygen atoms in total. The molecule has 0 saturated carbocycles. The molecule has 1 N–H and O–H groups in total. The fourth-order valence-corrected chi connectivity index (χ4v) is 5.71. The number of para-hydroxylation sites is 1. The van der Waals surface area contributed by atoms with Crippen LogP contribution in [-0.2, 0) is 20.9 Å². The van der Waals surface area contributed by atoms with E-state index in [1.165, 1.54) is 30.3 Å². The summed E-state index contributed by atoms with van der Waals surface area (Å²) in [4.78, 5) is 51.7. The van der Waals surface area contributed by atoms with Gasteiger partial charge in [-0.2, -0.15) is 0 Å². The molecular formula is C30H22Cl2FN3O5S. The third-order valence-electron chi connectivity index (χ3n) is 6.42. The molecule has 0 atom stereocenters. The predicted octanol–water partition coefficient (Wildman–Crippen LogP) is 6.99. The van der Waals surface area contributed by atoms with Crippen LogP contribution in [0.15, 0.2) is 71.8 Å². The molecule has 0 bridgehead atoms. The number of anilines is 1. The summed E-state index contributed by atoms with van der Waals surface area (Å²) in [6.45, 7) is 1.43. The molecule has 3 aromatic carbocycles. The molecule has 5 rings (SSSR count). The van der Waals surface area contributed by atoms with E-state index in [4.69, 9.17) is 27.9 Å². The number of benzene rings is 3. The highest BCUT2D eigenvalue weighted by molar-refractivity contribution is 8.18. The molecule has 1 aromatic heterocycles. The van der Waals surface area contributed by atoms with Crippen LogP contribution in [0.5, 0.6) is 0 Å². The van der Waals surface area contributed by atoms with E-state index in [2.05, 4.69) is 5.32 Å². The molecular weight excluding hydrogens is 604 g/mol. The summed E-state index contributed by atoms with van der Waals surface area (Å²) in [6.07, 6.45) is 3.34. The van der Waals surface area contributed by atoms with Crippen LogP contribution < -0.4 is 5.32 Å². The van der Waals surface area contributed by atoms with Crippen molar-refractivity contribution in [1.82, 2.24) is 9.47 Å². The van der Waals surface area contributed by atoms with Crippen molar-refractivity contribution in [3.05, 3.63) is 104 Å². The maximum Gasteiger partial charge on any atom is 0.339 e. The Labute approximate surface area is 254 Å². The fourth-order valence-electron chi connectivity index (χ4n) is 4.46. The van der Waals surface area contributed by atoms with Gasteiger partial charge < -0.3 is 14.6 Å². The number of hydrogen-bond donors (Lipinski definition) is 1. The van der Waals surface area contributed by atoms with Gasteiger partial charge in [0, 0.05) is 38.9 Å². The minimum atomic E-state index is -0.645. The van der Waals surface area contributed by atoms with E-state index < -0.39 is 35.4 Å². The van der Waals surface area contributed by atoms with E-state index in [1.807, 2.05) is 28.8 Å². The molecule has 0 unspecified atom stereocenters. The third-order valence-corrected chi connectivity index (χ3v) is 8.01. The van der Waals surface area contributed by atoms with E-state index in [-0.39, 0.29) is 34.3 Å². The average molecular weight is 626 g/mol. The smallest absolute Gasteiger partial charge is 0.339 e. The Kier molecular flexibility index (Phi) is 8.67. The summed E-state index contributed by atoms with van der Waals surface area (Å²) in [7, 11) is 0. The van der Waals surface area contributed by atoms with Gasteiger partial charge in [0.05, 0.1) is 28.6 Å². The SMILES string of the molecule is CCOC(=O)c1cc(NC(=O)CN2C(=O)S/C(=C/c3cn(Cc4c(F)cccc4Cl)c4ccccc34)C2=O)ccc1Cl. The summed E-state index contributed by atoms with van der Waals surface area (Å²) in [5.74, 6) is -2.35. The van der Waals surface area contributed by atoms with Gasteiger partial charge in [-0.3, -0.25) is 19.3 Å². The Hall–Kier alpha value is -4.12. The Balaban J connectivity index is 1.35. The van der Waals surface area contributed by atoms with Gasteiger partial charge in [0.2, 0.25) is 5.91 Å². The van der Waals surface area contributed by atoms with Gasteiger partial charge in [0.1, 0.15) is 12.4 Å². The zero-order valence-corrected chi connectivity index (χ0v) is 24.4. The molecule has 42 heavy (non-hydrogen) atoms. The second kappa shape index (κ2) is 12.4. The van der Waals surface area contributed by atoms with Crippen LogP contribution >= 0.6 is 35.0 Å². The van der Waals surface area contributed by atoms with Crippen molar-refractivity contribution >= 4 is 80.7 Å². The summed E-state index contributed by atoms with van der Waals surface area (Å²) < 4.78 is 21.3. The molecule has 0 aliphatic carbocycles. The summed E-state index contributed by atoms with van der Waals surface area (Å²) >= 11 is 13.0. The van der Waals surface area contributed by atoms with E-state index in [0.29, 0.717) is 27.9 Å². The lowest BCUT2D eigenvalue weighted by Gasteiger charge is -2.13. The second-order valence-electron chi connectivity index (χ2n) is 9.16. The number of ether oxygens (including phenoxy) is 1. The zero-order chi connectivity index (χ0) is 30.0. The van der Waals surface area contributed by atoms with Crippen molar-refractivity contribution in [1.29, 1.82) is 0 Å². The number of halogens is 3. The van der Waals surface area contributed by atoms with Gasteiger partial charge in [0.15, 0.2) is 0 Å². The monoisotopic (exact) mass is 625 g/mol. The highest BCUT2D eigenvalue weighted by atomic mass is 35.5. The molecule has 3 amide bonds. The van der Waals surface area contributed by atoms with Gasteiger partial charge in [-0.15, -0.1) is 0 Å². The lowest BCUT2D eigenvalue weighted by atomic mass is 10.1. The number of esters is 1. The molecule has 12 heteroatoms. The molecule has 1 fully saturated rings. The van der Waals surface area contributed by atoms with Crippen molar-refractivity contribution in [3.8, 4) is 0 Å². The van der Waals surface area contributed by atoms with Crippen molar-refractivity contribution in [2.24, 2.45) is 0 Å². The number of aromatic nitrogens is 1. The van der Waals surface area contributed by atoms with Gasteiger partial charge in [-0.1, -0.05) is 47.5 Å². The summed E-state index contributed by atoms with van der Waals surface area (Å²) in [5, 5.41) is 3.20. The Morgan fingerprint density at radius 2 is 1.83 bits per heavy atom. The van der Waals surface area contributed by atoms with Crippen molar-refractivity contribution in [2.45, 2.75) is 13.5 Å². The molecule has 4 aromatic rings. The van der Waals surface area contributed by atoms with E-state index in [0.717, 1.165) is 15.8 Å². The molecule has 2 heterocycles. The highest BCUT2D eigenvalue weighted by Crippen LogP contribution is 2.35. The molecule has 0 spiro atoms. The van der Waals surface area contributed by atoms with Crippen LogP contribution in [0.25, 0.3) is 17.0 Å². The number of carbonyl (C=O) groups excluding carboxylic acids is 4. The van der Waals surface area contributed by atoms with Gasteiger partial charge >= 0.3 is 5.97 Å². The third kappa shape index (κ3) is 6.06. The van der Waals surface area contributed by atoms with Crippen LogP contribution in [0, 0.1) is 5.82 Å². The average Bonchev–Trinajstić information content (AvgIpc) is 3.43. The lowest BCUT2D eigenvalue weighted by Crippen LogP contribution is -2.36. The molecule has 214 valence electrons. The fraction of sp³-hybridized carbons (Fsp3) is 0.133. The van der Waals surface area contributed by atoms with Crippen LogP contribution in [0.4, 0.5) is 14.9 Å². The number of imide groups is 1. The molecule has 1 aliphatic heterocycles. The van der Waals surface area contributed by atoms with Crippen LogP contribution in [0.1, 0.15) is 28.4 Å². The van der Waals surface area contributed by atoms with Crippen molar-refractivity contribution in [2.75, 3.05) is 18.5 Å². The second-order valence-corrected chi connectivity index (χ2v) is 11.0. The number of fused-ring (bicyclic) bond motifs is 1. The number of rotatable bonds is 8. The van der Waals surface area contributed by atoms with Crippen molar-refractivity contribution < 1.29 is 28.3 Å². The van der Waals surface area contributed by atoms with Crippen LogP contribution in [0.2, 0.25) is 10.0 Å². The first-order valence-electron chi connectivity index (χ1n) is 12.7. The predicted molar refractivity (Wildman–Crippen MR) is 161 cm³/mol. The van der Waals surface area contributed by atoms with Gasteiger partial charge in [-0.25, -0.2) is 9.18 Å². The molecule has 0 radical (unpaired) electrons. The van der Waals surface area contributed by atoms with Crippen molar-refractivity contribution in [3.63, 3.8) is 0 Å². The first-order chi connectivity index (χ1) is 20.2. The maximum atomic E-state index is 14.5. The number of nitrogens with one attached hydrogen (secondary N) is 1. The van der Waals surface area contributed by atoms with Crippen LogP contribution in [-0.4, -0.2) is 45.6 Å². The Morgan fingerprint density at radius 3 is 2.60 bits per heavy atom. The normalized spacial score (nSPS) is 14.2. The van der Waals surface area contributed by atoms with E-state index in [9.17, 15) is 23.6 Å².